The Bertz CT molecular complexity index is 765. The lowest BCUT2D eigenvalue weighted by atomic mass is 9.81. The van der Waals surface area contributed by atoms with E-state index in [1.54, 1.807) is 12.1 Å². The topological polar surface area (TPSA) is 92.8 Å². The molecular formula is C22H28N2O5. The maximum Gasteiger partial charge on any atom is 0.308 e. The molecule has 0 aromatic heterocycles. The molecule has 7 heteroatoms. The van der Waals surface area contributed by atoms with Crippen LogP contribution in [-0.2, 0) is 30.3 Å². The molecule has 1 heterocycles. The van der Waals surface area contributed by atoms with Crippen molar-refractivity contribution in [1.29, 1.82) is 0 Å². The molecular weight excluding hydrogens is 372 g/mol. The van der Waals surface area contributed by atoms with E-state index in [-0.39, 0.29) is 36.6 Å². The first-order valence-electron chi connectivity index (χ1n) is 10.3. The van der Waals surface area contributed by atoms with Crippen LogP contribution in [0.3, 0.4) is 0 Å². The Morgan fingerprint density at radius 2 is 1.69 bits per heavy atom. The first-order chi connectivity index (χ1) is 13.9. The minimum Gasteiger partial charge on any atom is -0.452 e. The predicted molar refractivity (Wildman–Crippen MR) is 107 cm³/mol. The Morgan fingerprint density at radius 1 is 1.10 bits per heavy atom. The van der Waals surface area contributed by atoms with Gasteiger partial charge in [-0.1, -0.05) is 31.9 Å². The molecule has 0 radical (unpaired) electrons. The lowest BCUT2D eigenvalue weighted by molar-refractivity contribution is -0.154. The summed E-state index contributed by atoms with van der Waals surface area (Å²) in [5.74, 6) is -1.83. The summed E-state index contributed by atoms with van der Waals surface area (Å²) < 4.78 is 5.18. The Kier molecular flexibility index (Phi) is 6.67. The Hall–Kier alpha value is -2.70. The summed E-state index contributed by atoms with van der Waals surface area (Å²) in [5.41, 5.74) is 1.79. The molecule has 7 nitrogen and oxygen atoms in total. The number of carbonyl (C=O) groups excluding carboxylic acids is 4. The van der Waals surface area contributed by atoms with Crippen molar-refractivity contribution in [1.82, 2.24) is 4.90 Å². The Labute approximate surface area is 170 Å². The maximum atomic E-state index is 12.4. The van der Waals surface area contributed by atoms with Crippen LogP contribution < -0.4 is 5.32 Å². The van der Waals surface area contributed by atoms with E-state index in [0.29, 0.717) is 5.69 Å². The first kappa shape index (κ1) is 21.0. The van der Waals surface area contributed by atoms with Crippen molar-refractivity contribution in [3.8, 4) is 0 Å². The van der Waals surface area contributed by atoms with Gasteiger partial charge in [0.25, 0.3) is 5.91 Å². The van der Waals surface area contributed by atoms with Crippen molar-refractivity contribution in [3.05, 3.63) is 29.8 Å². The highest BCUT2D eigenvalue weighted by atomic mass is 16.5. The number of imide groups is 1. The van der Waals surface area contributed by atoms with E-state index < -0.39 is 18.0 Å². The summed E-state index contributed by atoms with van der Waals surface area (Å²) in [5, 5.41) is 2.71. The van der Waals surface area contributed by atoms with Gasteiger partial charge in [0.15, 0.2) is 6.10 Å². The summed E-state index contributed by atoms with van der Waals surface area (Å²) in [6, 6.07) is 7.45. The molecule has 3 rings (SSSR count). The molecule has 0 unspecified atom stereocenters. The van der Waals surface area contributed by atoms with Crippen LogP contribution in [0.15, 0.2) is 24.3 Å². The molecule has 1 saturated heterocycles. The van der Waals surface area contributed by atoms with Gasteiger partial charge in [0, 0.05) is 12.2 Å². The van der Waals surface area contributed by atoms with Gasteiger partial charge in [0.05, 0.1) is 18.3 Å². The van der Waals surface area contributed by atoms with E-state index in [4.69, 9.17) is 4.74 Å². The number of esters is 1. The number of benzene rings is 1. The van der Waals surface area contributed by atoms with Crippen molar-refractivity contribution in [2.75, 3.05) is 11.9 Å². The molecule has 1 N–H and O–H groups in total. The highest BCUT2D eigenvalue weighted by Crippen LogP contribution is 2.37. The largest absolute Gasteiger partial charge is 0.452 e. The molecule has 3 amide bonds. The number of fused-ring (bicyclic) bond motifs is 1. The van der Waals surface area contributed by atoms with E-state index in [1.807, 2.05) is 19.1 Å². The monoisotopic (exact) mass is 400 g/mol. The first-order valence-corrected chi connectivity index (χ1v) is 10.3. The molecule has 1 aromatic rings. The van der Waals surface area contributed by atoms with Crippen LogP contribution in [0.5, 0.6) is 0 Å². The fraction of sp³-hybridized carbons (Fsp3) is 0.545. The van der Waals surface area contributed by atoms with Gasteiger partial charge in [-0.15, -0.1) is 0 Å². The molecule has 1 aliphatic carbocycles. The number of rotatable bonds is 7. The fourth-order valence-corrected chi connectivity index (χ4v) is 4.03. The number of hydrogen-bond donors (Lipinski definition) is 1. The molecule has 3 atom stereocenters. The van der Waals surface area contributed by atoms with Crippen LogP contribution in [0.25, 0.3) is 0 Å². The lowest BCUT2D eigenvalue weighted by Gasteiger charge is -2.19. The second-order valence-electron chi connectivity index (χ2n) is 7.75. The Balaban J connectivity index is 1.46. The third kappa shape index (κ3) is 4.83. The number of nitrogens with zero attached hydrogens (tertiary/aromatic N) is 1. The quantitative estimate of drug-likeness (QED) is 0.561. The SMILES string of the molecule is CCc1ccc(NC(=O)[C@@H](C)OC(=O)CCN2C(=O)[C@H]3CCCC[C@@H]3C2=O)cc1. The number of carbonyl (C=O) groups is 4. The minimum absolute atomic E-state index is 0.0102. The third-order valence-electron chi connectivity index (χ3n) is 5.78. The van der Waals surface area contributed by atoms with Gasteiger partial charge in [-0.25, -0.2) is 0 Å². The number of hydrogen-bond acceptors (Lipinski definition) is 5. The summed E-state index contributed by atoms with van der Waals surface area (Å²) in [7, 11) is 0. The summed E-state index contributed by atoms with van der Waals surface area (Å²) in [6.45, 7) is 3.55. The number of amides is 3. The minimum atomic E-state index is -0.971. The van der Waals surface area contributed by atoms with E-state index in [2.05, 4.69) is 5.32 Å². The van der Waals surface area contributed by atoms with Crippen molar-refractivity contribution in [3.63, 3.8) is 0 Å². The normalized spacial score (nSPS) is 22.2. The van der Waals surface area contributed by atoms with Gasteiger partial charge in [0.1, 0.15) is 0 Å². The zero-order chi connectivity index (χ0) is 21.0. The number of aryl methyl sites for hydroxylation is 1. The van der Waals surface area contributed by atoms with Gasteiger partial charge in [-0.05, 0) is 43.9 Å². The second-order valence-corrected chi connectivity index (χ2v) is 7.75. The van der Waals surface area contributed by atoms with Crippen LogP contribution in [0.2, 0.25) is 0 Å². The molecule has 156 valence electrons. The number of likely N-dealkylation sites (tertiary alicyclic amines) is 1. The fourth-order valence-electron chi connectivity index (χ4n) is 4.03. The molecule has 1 saturated carbocycles. The smallest absolute Gasteiger partial charge is 0.308 e. The summed E-state index contributed by atoms with van der Waals surface area (Å²) >= 11 is 0. The molecule has 0 bridgehead atoms. The zero-order valence-electron chi connectivity index (χ0n) is 17.0. The van der Waals surface area contributed by atoms with Crippen LogP contribution in [-0.4, -0.2) is 41.2 Å². The number of ether oxygens (including phenoxy) is 1. The van der Waals surface area contributed by atoms with Crippen LogP contribution in [0.1, 0.15) is 51.5 Å². The van der Waals surface area contributed by atoms with Gasteiger partial charge in [-0.3, -0.25) is 24.1 Å². The highest BCUT2D eigenvalue weighted by Gasteiger charge is 2.47. The van der Waals surface area contributed by atoms with E-state index in [9.17, 15) is 19.2 Å². The Morgan fingerprint density at radius 3 is 2.24 bits per heavy atom. The van der Waals surface area contributed by atoms with Crippen molar-refractivity contribution >= 4 is 29.4 Å². The average molecular weight is 400 g/mol. The molecule has 1 aliphatic heterocycles. The van der Waals surface area contributed by atoms with Crippen LogP contribution in [0, 0.1) is 11.8 Å². The van der Waals surface area contributed by atoms with Gasteiger partial charge < -0.3 is 10.1 Å². The van der Waals surface area contributed by atoms with E-state index >= 15 is 0 Å². The van der Waals surface area contributed by atoms with Crippen molar-refractivity contribution in [2.24, 2.45) is 11.8 Å². The summed E-state index contributed by atoms with van der Waals surface area (Å²) in [4.78, 5) is 50.4. The highest BCUT2D eigenvalue weighted by molar-refractivity contribution is 6.05. The standard InChI is InChI=1S/C22H28N2O5/c1-3-15-8-10-16(11-9-15)23-20(26)14(2)29-19(25)12-13-24-21(27)17-6-4-5-7-18(17)22(24)28/h8-11,14,17-18H,3-7,12-13H2,1-2H3,(H,23,26)/t14-,17+,18+/m1/s1. The van der Waals surface area contributed by atoms with Crippen LogP contribution >= 0.6 is 0 Å². The molecule has 29 heavy (non-hydrogen) atoms. The molecule has 2 aliphatic rings. The predicted octanol–water partition coefficient (Wildman–Crippen LogP) is 2.68. The van der Waals surface area contributed by atoms with Crippen molar-refractivity contribution < 1.29 is 23.9 Å². The number of anilines is 1. The van der Waals surface area contributed by atoms with Gasteiger partial charge in [-0.2, -0.15) is 0 Å². The lowest BCUT2D eigenvalue weighted by Crippen LogP contribution is -2.35. The number of nitrogens with one attached hydrogen (secondary N) is 1. The van der Waals surface area contributed by atoms with Gasteiger partial charge >= 0.3 is 5.97 Å². The van der Waals surface area contributed by atoms with Crippen molar-refractivity contribution in [2.45, 2.75) is 58.5 Å². The van der Waals surface area contributed by atoms with Gasteiger partial charge in [0.2, 0.25) is 11.8 Å². The van der Waals surface area contributed by atoms with Crippen LogP contribution in [0.4, 0.5) is 5.69 Å². The zero-order valence-corrected chi connectivity index (χ0v) is 17.0. The molecule has 2 fully saturated rings. The maximum absolute atomic E-state index is 12.4. The average Bonchev–Trinajstić information content (AvgIpc) is 2.97. The summed E-state index contributed by atoms with van der Waals surface area (Å²) in [6.07, 6.45) is 3.24. The molecule has 0 spiro atoms. The second kappa shape index (κ2) is 9.20. The third-order valence-corrected chi connectivity index (χ3v) is 5.78. The van der Waals surface area contributed by atoms with E-state index in [0.717, 1.165) is 37.7 Å². The molecule has 1 aromatic carbocycles. The van der Waals surface area contributed by atoms with E-state index in [1.165, 1.54) is 11.8 Å².